The number of nitrogens with zero attached hydrogens (tertiary/aromatic N) is 3. The predicted octanol–water partition coefficient (Wildman–Crippen LogP) is 1.23. The molecule has 1 fully saturated rings. The highest BCUT2D eigenvalue weighted by molar-refractivity contribution is 6.31. The first kappa shape index (κ1) is 23.1. The van der Waals surface area contributed by atoms with Crippen molar-refractivity contribution in [1.29, 1.82) is 0 Å². The van der Waals surface area contributed by atoms with E-state index in [2.05, 4.69) is 5.10 Å². The Kier molecular flexibility index (Phi) is 9.13. The number of rotatable bonds is 12. The summed E-state index contributed by atoms with van der Waals surface area (Å²) in [6, 6.07) is 0. The molecule has 0 radical (unpaired) electrons. The molecule has 0 aliphatic carbocycles. The smallest absolute Gasteiger partial charge is 0.249 e. The van der Waals surface area contributed by atoms with Crippen LogP contribution in [0.5, 0.6) is 0 Å². The Morgan fingerprint density at radius 1 is 1.36 bits per heavy atom. The number of halogens is 1. The second-order valence-electron chi connectivity index (χ2n) is 6.98. The van der Waals surface area contributed by atoms with Crippen molar-refractivity contribution < 1.29 is 28.5 Å². The summed E-state index contributed by atoms with van der Waals surface area (Å²) in [5, 5.41) is 4.83. The lowest BCUT2D eigenvalue weighted by molar-refractivity contribution is -0.149. The normalized spacial score (nSPS) is 18.5. The molecule has 28 heavy (non-hydrogen) atoms. The van der Waals surface area contributed by atoms with Crippen LogP contribution in [0, 0.1) is 0 Å². The highest BCUT2D eigenvalue weighted by atomic mass is 35.5. The molecule has 0 spiro atoms. The van der Waals surface area contributed by atoms with Crippen molar-refractivity contribution in [2.24, 2.45) is 7.05 Å². The van der Waals surface area contributed by atoms with Gasteiger partial charge in [0.15, 0.2) is 5.79 Å². The predicted molar refractivity (Wildman–Crippen MR) is 102 cm³/mol. The van der Waals surface area contributed by atoms with Crippen LogP contribution < -0.4 is 0 Å². The van der Waals surface area contributed by atoms with E-state index in [1.165, 1.54) is 0 Å². The molecular weight excluding hydrogens is 390 g/mol. The quantitative estimate of drug-likeness (QED) is 0.471. The average Bonchev–Trinajstić information content (AvgIpc) is 3.13. The number of methoxy groups -OCH3 is 1. The summed E-state index contributed by atoms with van der Waals surface area (Å²) in [6.45, 7) is 6.43. The molecular formula is C18H30ClN3O6. The zero-order valence-electron chi connectivity index (χ0n) is 17.0. The standard InChI is InChI=1S/C18H30ClN3O6/c1-18(2)27-12-14(28-18)9-22(11-16-15(19)10-21(3)20-16)17(23)13-26-8-7-25-6-5-24-4/h10,14H,5-9,11-13H2,1-4H3/t14-/m0/s1. The van der Waals surface area contributed by atoms with Gasteiger partial charge in [0.25, 0.3) is 0 Å². The molecule has 10 heteroatoms. The molecule has 1 amide bonds. The minimum absolute atomic E-state index is 0.0605. The van der Waals surface area contributed by atoms with Gasteiger partial charge < -0.3 is 28.6 Å². The van der Waals surface area contributed by atoms with Crippen molar-refractivity contribution in [3.05, 3.63) is 16.9 Å². The molecule has 1 aliphatic heterocycles. The zero-order valence-corrected chi connectivity index (χ0v) is 17.7. The molecule has 9 nitrogen and oxygen atoms in total. The van der Waals surface area contributed by atoms with Crippen molar-refractivity contribution in [3.8, 4) is 0 Å². The number of aryl methyl sites for hydroxylation is 1. The van der Waals surface area contributed by atoms with E-state index in [4.69, 9.17) is 35.3 Å². The summed E-state index contributed by atoms with van der Waals surface area (Å²) in [4.78, 5) is 14.4. The Bertz CT molecular complexity index is 624. The van der Waals surface area contributed by atoms with E-state index in [0.717, 1.165) is 0 Å². The van der Waals surface area contributed by atoms with Gasteiger partial charge in [-0.2, -0.15) is 5.10 Å². The third-order valence-corrected chi connectivity index (χ3v) is 4.38. The molecule has 1 aliphatic rings. The SMILES string of the molecule is COCCOCCOCC(=O)N(Cc1nn(C)cc1Cl)C[C@H]1COC(C)(C)O1. The molecule has 0 N–H and O–H groups in total. The molecule has 160 valence electrons. The van der Waals surface area contributed by atoms with Crippen molar-refractivity contribution in [2.45, 2.75) is 32.3 Å². The summed E-state index contributed by atoms with van der Waals surface area (Å²) < 4.78 is 28.7. The van der Waals surface area contributed by atoms with Crippen LogP contribution in [0.3, 0.4) is 0 Å². The fourth-order valence-electron chi connectivity index (χ4n) is 2.76. The molecule has 0 saturated carbocycles. The third-order valence-electron chi connectivity index (χ3n) is 4.07. The van der Waals surface area contributed by atoms with Crippen LogP contribution in [0.4, 0.5) is 0 Å². The van der Waals surface area contributed by atoms with Crippen molar-refractivity contribution >= 4 is 17.5 Å². The Hall–Kier alpha value is -1.23. The molecule has 1 aromatic heterocycles. The maximum atomic E-state index is 12.7. The largest absolute Gasteiger partial charge is 0.382 e. The molecule has 0 bridgehead atoms. The van der Waals surface area contributed by atoms with Crippen LogP contribution >= 0.6 is 11.6 Å². The lowest BCUT2D eigenvalue weighted by atomic mass is 10.3. The van der Waals surface area contributed by atoms with E-state index in [-0.39, 0.29) is 25.2 Å². The van der Waals surface area contributed by atoms with E-state index in [9.17, 15) is 4.79 Å². The summed E-state index contributed by atoms with van der Waals surface area (Å²) in [5.41, 5.74) is 0.624. The van der Waals surface area contributed by atoms with E-state index >= 15 is 0 Å². The van der Waals surface area contributed by atoms with Crippen LogP contribution in [0.25, 0.3) is 0 Å². The van der Waals surface area contributed by atoms with Crippen molar-refractivity contribution in [1.82, 2.24) is 14.7 Å². The number of aromatic nitrogens is 2. The Balaban J connectivity index is 1.87. The second-order valence-corrected chi connectivity index (χ2v) is 7.39. The molecule has 2 heterocycles. The summed E-state index contributed by atoms with van der Waals surface area (Å²) in [6.07, 6.45) is 1.48. The number of ether oxygens (including phenoxy) is 5. The number of carbonyl (C=O) groups is 1. The first-order valence-corrected chi connectivity index (χ1v) is 9.60. The van der Waals surface area contributed by atoms with Gasteiger partial charge in [-0.1, -0.05) is 11.6 Å². The summed E-state index contributed by atoms with van der Waals surface area (Å²) in [7, 11) is 3.39. The topological polar surface area (TPSA) is 84.3 Å². The van der Waals surface area contributed by atoms with Crippen LogP contribution in [-0.4, -0.2) is 85.8 Å². The lowest BCUT2D eigenvalue weighted by Crippen LogP contribution is -2.40. The van der Waals surface area contributed by atoms with Gasteiger partial charge in [-0.15, -0.1) is 0 Å². The number of carbonyl (C=O) groups excluding carboxylic acids is 1. The van der Waals surface area contributed by atoms with Crippen molar-refractivity contribution in [3.63, 3.8) is 0 Å². The fraction of sp³-hybridized carbons (Fsp3) is 0.778. The molecule has 1 saturated heterocycles. The first-order valence-electron chi connectivity index (χ1n) is 9.22. The van der Waals surface area contributed by atoms with Crippen molar-refractivity contribution in [2.75, 3.05) is 53.3 Å². The van der Waals surface area contributed by atoms with Gasteiger partial charge in [0, 0.05) is 26.9 Å². The van der Waals surface area contributed by atoms with Gasteiger partial charge in [-0.05, 0) is 13.8 Å². The van der Waals surface area contributed by atoms with Crippen LogP contribution in [0.1, 0.15) is 19.5 Å². The second kappa shape index (κ2) is 11.1. The highest BCUT2D eigenvalue weighted by Gasteiger charge is 2.34. The molecule has 0 aromatic carbocycles. The molecule has 2 rings (SSSR count). The van der Waals surface area contributed by atoms with Crippen LogP contribution in [-0.2, 0) is 42.1 Å². The van der Waals surface area contributed by atoms with Crippen LogP contribution in [0.15, 0.2) is 6.20 Å². The zero-order chi connectivity index (χ0) is 20.6. The maximum absolute atomic E-state index is 12.7. The first-order chi connectivity index (χ1) is 13.3. The van der Waals surface area contributed by atoms with Gasteiger partial charge >= 0.3 is 0 Å². The Labute approximate surface area is 170 Å². The fourth-order valence-corrected chi connectivity index (χ4v) is 3.00. The lowest BCUT2D eigenvalue weighted by Gasteiger charge is -2.25. The number of hydrogen-bond donors (Lipinski definition) is 0. The van der Waals surface area contributed by atoms with Gasteiger partial charge in [0.05, 0.1) is 44.6 Å². The monoisotopic (exact) mass is 419 g/mol. The van der Waals surface area contributed by atoms with Gasteiger partial charge in [0.1, 0.15) is 18.4 Å². The van der Waals surface area contributed by atoms with E-state index in [1.807, 2.05) is 13.8 Å². The van der Waals surface area contributed by atoms with Crippen LogP contribution in [0.2, 0.25) is 5.02 Å². The third kappa shape index (κ3) is 7.65. The Morgan fingerprint density at radius 3 is 2.68 bits per heavy atom. The van der Waals surface area contributed by atoms with Gasteiger partial charge in [0.2, 0.25) is 5.91 Å². The molecule has 1 atom stereocenters. The number of hydrogen-bond acceptors (Lipinski definition) is 7. The highest BCUT2D eigenvalue weighted by Crippen LogP contribution is 2.24. The summed E-state index contributed by atoms with van der Waals surface area (Å²) in [5.74, 6) is -0.829. The van der Waals surface area contributed by atoms with E-state index in [0.29, 0.717) is 50.3 Å². The maximum Gasteiger partial charge on any atom is 0.249 e. The molecule has 0 unspecified atom stereocenters. The number of amides is 1. The van der Waals surface area contributed by atoms with Gasteiger partial charge in [-0.3, -0.25) is 9.48 Å². The average molecular weight is 420 g/mol. The van der Waals surface area contributed by atoms with E-state index < -0.39 is 5.79 Å². The minimum atomic E-state index is -0.655. The Morgan fingerprint density at radius 2 is 2.07 bits per heavy atom. The van der Waals surface area contributed by atoms with Gasteiger partial charge in [-0.25, -0.2) is 0 Å². The minimum Gasteiger partial charge on any atom is -0.382 e. The summed E-state index contributed by atoms with van der Waals surface area (Å²) >= 11 is 6.21. The molecule has 1 aromatic rings. The van der Waals surface area contributed by atoms with E-state index in [1.54, 1.807) is 29.9 Å².